The highest BCUT2D eigenvalue weighted by atomic mass is 15.5. The van der Waals surface area contributed by atoms with E-state index in [1.807, 2.05) is 166 Å². The highest BCUT2D eigenvalue weighted by Crippen LogP contribution is 2.57. The summed E-state index contributed by atoms with van der Waals surface area (Å²) in [5.41, 5.74) is 0.609. The van der Waals surface area contributed by atoms with Gasteiger partial charge in [-0.05, 0) is 187 Å². The standard InChI is InChI=1S/2C23H43N3.12C2H6.12CH4/c1-14-11-12-24(7)23(14)21(13-15(2)25(23)8)20-9-10-22-17(4)16(3)18(5)26(22)19(20)6;1-15-11-12-24(6)23(15)20(13-16(2)25(23)7)14-21-9-8-10-22-18(4)17(3)19(5)26(21)22;12*1-2;;;;;;;;;;;;/h14-22H,9-13H2,1-8H3;15-22H,8-14H2,1-7H3;12*1-2H3;12*1H4/t14-,15-,16-,17+,18-,19+,20+,21-,22+,23?;15-,16-,17+,18-,19+,20-,21+,22-,23?;;;;;;;;;;;;;;;;;;;;;;;;/m11......................../s1. The Hall–Kier alpha value is -0.240. The van der Waals surface area contributed by atoms with E-state index in [0.717, 1.165) is 95.6 Å². The number of rotatable bonds is 3. The Morgan fingerprint density at radius 2 is 0.625 bits per heavy atom. The van der Waals surface area contributed by atoms with Crippen molar-refractivity contribution in [2.75, 3.05) is 41.3 Å². The van der Waals surface area contributed by atoms with E-state index in [1.165, 1.54) is 77.3 Å². The summed E-state index contributed by atoms with van der Waals surface area (Å²) in [6, 6.07) is 6.18. The third-order valence-corrected chi connectivity index (χ3v) is 19.8. The number of piperidine rings is 2. The van der Waals surface area contributed by atoms with E-state index in [2.05, 4.69) is 134 Å². The molecule has 0 N–H and O–H groups in total. The Balaban J connectivity index is -0.0000000470. The fraction of sp³-hybridized carbons (Fsp3) is 1.00. The van der Waals surface area contributed by atoms with E-state index in [1.54, 1.807) is 0 Å². The number of hydrogen-bond donors (Lipinski definition) is 0. The van der Waals surface area contributed by atoms with Gasteiger partial charge in [-0.2, -0.15) is 0 Å². The Labute approximate surface area is 576 Å². The molecule has 0 aliphatic carbocycles. The molecule has 8 heterocycles. The lowest BCUT2D eigenvalue weighted by molar-refractivity contribution is -0.0823. The third-order valence-electron chi connectivity index (χ3n) is 19.8. The van der Waals surface area contributed by atoms with Gasteiger partial charge < -0.3 is 0 Å². The summed E-state index contributed by atoms with van der Waals surface area (Å²) >= 11 is 0. The van der Waals surface area contributed by atoms with Gasteiger partial charge in [0.25, 0.3) is 0 Å². The van der Waals surface area contributed by atoms with E-state index in [4.69, 9.17) is 0 Å². The molecule has 0 radical (unpaired) electrons. The molecule has 88 heavy (non-hydrogen) atoms. The summed E-state index contributed by atoms with van der Waals surface area (Å²) in [5.74, 6) is 7.50. The van der Waals surface area contributed by atoms with Crippen molar-refractivity contribution in [1.29, 1.82) is 0 Å². The van der Waals surface area contributed by atoms with Gasteiger partial charge in [-0.25, -0.2) is 0 Å². The van der Waals surface area contributed by atoms with E-state index < -0.39 is 0 Å². The van der Waals surface area contributed by atoms with Gasteiger partial charge >= 0.3 is 0 Å². The molecule has 8 fully saturated rings. The summed E-state index contributed by atoms with van der Waals surface area (Å²) in [6.45, 7) is 78.2. The van der Waals surface area contributed by atoms with Crippen molar-refractivity contribution >= 4 is 0 Å². The summed E-state index contributed by atoms with van der Waals surface area (Å²) in [4.78, 5) is 16.9. The van der Waals surface area contributed by atoms with Crippen LogP contribution in [0, 0.1) is 53.3 Å². The molecule has 564 valence electrons. The van der Waals surface area contributed by atoms with Crippen LogP contribution in [0.25, 0.3) is 0 Å². The number of likely N-dealkylation sites (tertiary alicyclic amines) is 4. The topological polar surface area (TPSA) is 19.4 Å². The molecule has 0 aromatic carbocycles. The van der Waals surface area contributed by atoms with Crippen molar-refractivity contribution in [2.45, 2.75) is 455 Å². The zero-order valence-electron chi connectivity index (χ0n) is 61.0. The molecule has 0 amide bonds. The molecule has 0 aromatic heterocycles. The molecule has 6 nitrogen and oxygen atoms in total. The molecular formula is C82H206N6. The van der Waals surface area contributed by atoms with Crippen molar-refractivity contribution in [1.82, 2.24) is 29.4 Å². The largest absolute Gasteiger partial charge is 0.294 e. The van der Waals surface area contributed by atoms with Crippen LogP contribution in [0.15, 0.2) is 0 Å². The van der Waals surface area contributed by atoms with E-state index in [0.29, 0.717) is 17.4 Å². The normalized spacial score (nSPS) is 33.4. The number of nitrogens with zero attached hydrogens (tertiary/aromatic N) is 6. The van der Waals surface area contributed by atoms with E-state index in [-0.39, 0.29) is 89.1 Å². The van der Waals surface area contributed by atoms with Gasteiger partial charge in [0.15, 0.2) is 0 Å². The predicted octanol–water partition coefficient (Wildman–Crippen LogP) is 28.4. The molecule has 19 atom stereocenters. The molecule has 2 unspecified atom stereocenters. The van der Waals surface area contributed by atoms with Crippen LogP contribution < -0.4 is 0 Å². The van der Waals surface area contributed by atoms with Crippen LogP contribution in [0.4, 0.5) is 0 Å². The lowest BCUT2D eigenvalue weighted by Gasteiger charge is -2.53. The quantitative estimate of drug-likeness (QED) is 0.279. The zero-order valence-corrected chi connectivity index (χ0v) is 61.0. The lowest BCUT2D eigenvalue weighted by Crippen LogP contribution is -2.63. The highest BCUT2D eigenvalue weighted by molar-refractivity contribution is 5.14. The fourth-order valence-electron chi connectivity index (χ4n) is 16.4. The monoisotopic (exact) mass is 1280 g/mol. The van der Waals surface area contributed by atoms with Crippen LogP contribution >= 0.6 is 0 Å². The maximum atomic E-state index is 3.00. The summed E-state index contributed by atoms with van der Waals surface area (Å²) in [5, 5.41) is 0. The zero-order chi connectivity index (χ0) is 61.8. The summed E-state index contributed by atoms with van der Waals surface area (Å²) in [7, 11) is 9.64. The average Bonchev–Trinajstić information content (AvgIpc) is 4.25. The molecule has 6 heteroatoms. The second-order valence-corrected chi connectivity index (χ2v) is 21.2. The molecule has 2 spiro atoms. The summed E-state index contributed by atoms with van der Waals surface area (Å²) in [6.07, 6.45) is 14.1. The van der Waals surface area contributed by atoms with Gasteiger partial charge in [-0.15, -0.1) is 0 Å². The number of hydrogen-bond acceptors (Lipinski definition) is 6. The van der Waals surface area contributed by atoms with Gasteiger partial charge in [-0.1, -0.05) is 303 Å². The maximum absolute atomic E-state index is 3.00. The third kappa shape index (κ3) is 29.4. The molecule has 0 bridgehead atoms. The van der Waals surface area contributed by atoms with Crippen LogP contribution in [0.2, 0.25) is 0 Å². The van der Waals surface area contributed by atoms with Gasteiger partial charge in [0, 0.05) is 48.3 Å². The molecule has 8 saturated heterocycles. The van der Waals surface area contributed by atoms with E-state index >= 15 is 0 Å². The SMILES string of the molecule is C.C.C.C.C.C.C.C.C.C.C.C.CC.CC.CC.CC.CC.CC.CC.CC.CC.CC.CC.CC.C[C@@H]1[C@H](C)[C@@H]2CC[C@H]([C@H]3C[C@@H](C)N(C)C34[C@H](C)CCN4C)[C@H](C)N2[C@@H]1C.C[C@@H]1[C@H](C)[C@H](C)N2[C@H](C[C@H]3C[C@@H](C)N(C)C34[C@H](C)CCN4C)CCC[C@H]12. The Morgan fingerprint density at radius 3 is 0.966 bits per heavy atom. The fourth-order valence-corrected chi connectivity index (χ4v) is 16.4. The highest BCUT2D eigenvalue weighted by Gasteiger charge is 2.63. The summed E-state index contributed by atoms with van der Waals surface area (Å²) < 4.78 is 0. The van der Waals surface area contributed by atoms with Crippen molar-refractivity contribution in [2.24, 2.45) is 53.3 Å². The minimum Gasteiger partial charge on any atom is -0.294 e. The lowest BCUT2D eigenvalue weighted by atomic mass is 9.69. The average molecular weight is 1280 g/mol. The van der Waals surface area contributed by atoms with Gasteiger partial charge in [-0.3, -0.25) is 29.4 Å². The molecule has 8 aliphatic heterocycles. The second kappa shape index (κ2) is 74.2. The maximum Gasteiger partial charge on any atom is 0.0794 e. The first-order valence-electron chi connectivity index (χ1n) is 35.0. The molecular weight excluding hydrogens is 1070 g/mol. The van der Waals surface area contributed by atoms with Crippen molar-refractivity contribution in [3.05, 3.63) is 0 Å². The molecule has 0 saturated carbocycles. The predicted molar refractivity (Wildman–Crippen MR) is 437 cm³/mol. The minimum atomic E-state index is 0. The van der Waals surface area contributed by atoms with Crippen molar-refractivity contribution in [3.8, 4) is 0 Å². The smallest absolute Gasteiger partial charge is 0.0794 e. The van der Waals surface area contributed by atoms with Gasteiger partial charge in [0.05, 0.1) is 11.3 Å². The van der Waals surface area contributed by atoms with Crippen molar-refractivity contribution < 1.29 is 0 Å². The molecule has 8 aliphatic rings. The first-order valence-corrected chi connectivity index (χ1v) is 35.0. The van der Waals surface area contributed by atoms with Crippen molar-refractivity contribution in [3.63, 3.8) is 0 Å². The second-order valence-electron chi connectivity index (χ2n) is 21.2. The first kappa shape index (κ1) is 136. The van der Waals surface area contributed by atoms with E-state index in [9.17, 15) is 0 Å². The Kier molecular flexibility index (Phi) is 114. The van der Waals surface area contributed by atoms with Gasteiger partial charge in [0.1, 0.15) is 0 Å². The van der Waals surface area contributed by atoms with Crippen LogP contribution in [-0.2, 0) is 0 Å². The van der Waals surface area contributed by atoms with Crippen LogP contribution in [0.3, 0.4) is 0 Å². The Morgan fingerprint density at radius 1 is 0.318 bits per heavy atom. The number of fused-ring (bicyclic) bond motifs is 2. The van der Waals surface area contributed by atoms with Crippen LogP contribution in [-0.4, -0.2) is 130 Å². The first-order chi connectivity index (χ1) is 36.5. The van der Waals surface area contributed by atoms with Gasteiger partial charge in [0.2, 0.25) is 0 Å². The molecule has 0 aromatic rings. The van der Waals surface area contributed by atoms with Crippen LogP contribution in [0.5, 0.6) is 0 Å². The minimum absolute atomic E-state index is 0. The Bertz CT molecular complexity index is 1200. The van der Waals surface area contributed by atoms with Crippen LogP contribution in [0.1, 0.15) is 396 Å². The molecule has 8 rings (SSSR count).